The highest BCUT2D eigenvalue weighted by molar-refractivity contribution is 7.89. The van der Waals surface area contributed by atoms with E-state index in [4.69, 9.17) is 0 Å². The Morgan fingerprint density at radius 1 is 0.839 bits per heavy atom. The molecule has 7 nitrogen and oxygen atoms in total. The number of methoxy groups -OCH3 is 1. The van der Waals surface area contributed by atoms with E-state index in [2.05, 4.69) is 4.74 Å². The molecule has 0 aliphatic carbocycles. The van der Waals surface area contributed by atoms with Crippen LogP contribution in [0.25, 0.3) is 0 Å². The van der Waals surface area contributed by atoms with E-state index in [0.29, 0.717) is 29.1 Å². The van der Waals surface area contributed by atoms with E-state index < -0.39 is 16.0 Å². The van der Waals surface area contributed by atoms with Crippen molar-refractivity contribution in [3.8, 4) is 0 Å². The van der Waals surface area contributed by atoms with Crippen LogP contribution in [-0.2, 0) is 14.8 Å². The van der Waals surface area contributed by atoms with Gasteiger partial charge in [0.25, 0.3) is 5.91 Å². The second kappa shape index (κ2) is 8.80. The lowest BCUT2D eigenvalue weighted by Crippen LogP contribution is -2.50. The smallest absolute Gasteiger partial charge is 0.337 e. The van der Waals surface area contributed by atoms with E-state index in [1.807, 2.05) is 33.8 Å². The molecule has 0 bridgehead atoms. The minimum absolute atomic E-state index is 0.188. The summed E-state index contributed by atoms with van der Waals surface area (Å²) < 4.78 is 32.9. The van der Waals surface area contributed by atoms with Crippen LogP contribution in [0, 0.1) is 27.7 Å². The van der Waals surface area contributed by atoms with E-state index in [1.54, 1.807) is 29.2 Å². The number of carbonyl (C=O) groups excluding carboxylic acids is 2. The normalized spacial score (nSPS) is 15.1. The summed E-state index contributed by atoms with van der Waals surface area (Å²) in [6, 6.07) is 8.27. The van der Waals surface area contributed by atoms with Crippen molar-refractivity contribution in [2.24, 2.45) is 0 Å². The summed E-state index contributed by atoms with van der Waals surface area (Å²) in [5, 5.41) is 0. The van der Waals surface area contributed by atoms with E-state index in [9.17, 15) is 18.0 Å². The van der Waals surface area contributed by atoms with Gasteiger partial charge < -0.3 is 9.64 Å². The SMILES string of the molecule is COC(=O)c1ccc(C(=O)N2CCN(S(=O)(=O)c3c(C)c(C)cc(C)c3C)CC2)cc1. The van der Waals surface area contributed by atoms with Crippen LogP contribution >= 0.6 is 0 Å². The molecule has 1 fully saturated rings. The number of sulfonamides is 1. The molecule has 31 heavy (non-hydrogen) atoms. The van der Waals surface area contributed by atoms with E-state index >= 15 is 0 Å². The van der Waals surface area contributed by atoms with Gasteiger partial charge in [0.2, 0.25) is 10.0 Å². The maximum atomic E-state index is 13.4. The van der Waals surface area contributed by atoms with E-state index in [0.717, 1.165) is 22.3 Å². The van der Waals surface area contributed by atoms with E-state index in [-0.39, 0.29) is 19.0 Å². The van der Waals surface area contributed by atoms with E-state index in [1.165, 1.54) is 11.4 Å². The molecule has 0 radical (unpaired) electrons. The number of hydrogen-bond acceptors (Lipinski definition) is 5. The van der Waals surface area contributed by atoms with Crippen LogP contribution in [0.1, 0.15) is 43.0 Å². The van der Waals surface area contributed by atoms with Crippen molar-refractivity contribution < 1.29 is 22.7 Å². The number of ether oxygens (including phenoxy) is 1. The summed E-state index contributed by atoms with van der Waals surface area (Å²) in [6.45, 7) is 8.60. The lowest BCUT2D eigenvalue weighted by molar-refractivity contribution is 0.0599. The van der Waals surface area contributed by atoms with Crippen LogP contribution in [-0.4, -0.2) is 62.8 Å². The fourth-order valence-corrected chi connectivity index (χ4v) is 5.88. The highest BCUT2D eigenvalue weighted by Gasteiger charge is 2.33. The van der Waals surface area contributed by atoms with Gasteiger partial charge in [-0.2, -0.15) is 4.31 Å². The van der Waals surface area contributed by atoms with Gasteiger partial charge in [0, 0.05) is 31.7 Å². The van der Waals surface area contributed by atoms with Crippen LogP contribution < -0.4 is 0 Å². The molecule has 1 heterocycles. The molecule has 0 N–H and O–H groups in total. The molecule has 0 spiro atoms. The van der Waals surface area contributed by atoms with Gasteiger partial charge in [-0.25, -0.2) is 13.2 Å². The van der Waals surface area contributed by atoms with Crippen molar-refractivity contribution in [2.75, 3.05) is 33.3 Å². The summed E-state index contributed by atoms with van der Waals surface area (Å²) in [6.07, 6.45) is 0. The summed E-state index contributed by atoms with van der Waals surface area (Å²) in [5.41, 5.74) is 4.26. The predicted molar refractivity (Wildman–Crippen MR) is 118 cm³/mol. The molecule has 166 valence electrons. The minimum Gasteiger partial charge on any atom is -0.465 e. The van der Waals surface area contributed by atoms with Gasteiger partial charge in [-0.3, -0.25) is 4.79 Å². The van der Waals surface area contributed by atoms with Gasteiger partial charge in [-0.1, -0.05) is 6.07 Å². The first-order chi connectivity index (χ1) is 14.6. The first kappa shape index (κ1) is 23.0. The van der Waals surface area contributed by atoms with Crippen LogP contribution in [0.15, 0.2) is 35.2 Å². The maximum Gasteiger partial charge on any atom is 0.337 e. The van der Waals surface area contributed by atoms with Crippen LogP contribution in [0.2, 0.25) is 0 Å². The summed E-state index contributed by atoms with van der Waals surface area (Å²) in [5.74, 6) is -0.651. The zero-order valence-corrected chi connectivity index (χ0v) is 19.4. The number of amides is 1. The Labute approximate surface area is 183 Å². The average Bonchev–Trinajstić information content (AvgIpc) is 2.77. The fourth-order valence-electron chi connectivity index (χ4n) is 3.88. The Hall–Kier alpha value is -2.71. The lowest BCUT2D eigenvalue weighted by Gasteiger charge is -2.35. The Morgan fingerprint density at radius 2 is 1.32 bits per heavy atom. The second-order valence-corrected chi connectivity index (χ2v) is 9.73. The number of piperazine rings is 1. The van der Waals surface area contributed by atoms with Gasteiger partial charge in [-0.15, -0.1) is 0 Å². The van der Waals surface area contributed by atoms with Crippen LogP contribution in [0.5, 0.6) is 0 Å². The molecule has 0 aromatic heterocycles. The lowest BCUT2D eigenvalue weighted by atomic mass is 10.0. The number of rotatable bonds is 4. The Kier molecular flexibility index (Phi) is 6.52. The first-order valence-electron chi connectivity index (χ1n) is 10.1. The van der Waals surface area contributed by atoms with Crippen molar-refractivity contribution in [3.05, 3.63) is 63.7 Å². The second-order valence-electron chi connectivity index (χ2n) is 7.85. The molecule has 3 rings (SSSR count). The molecule has 0 saturated carbocycles. The number of nitrogens with zero attached hydrogens (tertiary/aromatic N) is 2. The summed E-state index contributed by atoms with van der Waals surface area (Å²) in [7, 11) is -2.35. The van der Waals surface area contributed by atoms with Gasteiger partial charge in [-0.05, 0) is 74.2 Å². The average molecular weight is 445 g/mol. The molecule has 0 atom stereocenters. The number of benzene rings is 2. The number of esters is 1. The van der Waals surface area contributed by atoms with Crippen LogP contribution in [0.4, 0.5) is 0 Å². The third-order valence-electron chi connectivity index (χ3n) is 5.97. The zero-order chi connectivity index (χ0) is 22.9. The fraction of sp³-hybridized carbons (Fsp3) is 0.391. The van der Waals surface area contributed by atoms with Crippen molar-refractivity contribution in [1.29, 1.82) is 0 Å². The Balaban J connectivity index is 1.75. The monoisotopic (exact) mass is 444 g/mol. The third-order valence-corrected chi connectivity index (χ3v) is 8.15. The van der Waals surface area contributed by atoms with Crippen molar-refractivity contribution in [1.82, 2.24) is 9.21 Å². The molecule has 0 unspecified atom stereocenters. The molecule has 1 aliphatic heterocycles. The first-order valence-corrected chi connectivity index (χ1v) is 11.6. The Morgan fingerprint density at radius 3 is 1.81 bits per heavy atom. The van der Waals surface area contributed by atoms with Crippen molar-refractivity contribution >= 4 is 21.9 Å². The standard InChI is InChI=1S/C23H28N2O5S/c1-15-14-16(2)18(4)21(17(15)3)31(28,29)25-12-10-24(11-13-25)22(26)19-6-8-20(9-7-19)23(27)30-5/h6-9,14H,10-13H2,1-5H3. The topological polar surface area (TPSA) is 84.0 Å². The molecular weight excluding hydrogens is 416 g/mol. The highest BCUT2D eigenvalue weighted by atomic mass is 32.2. The maximum absolute atomic E-state index is 13.4. The van der Waals surface area contributed by atoms with Crippen molar-refractivity contribution in [3.63, 3.8) is 0 Å². The molecule has 2 aromatic rings. The molecule has 1 saturated heterocycles. The predicted octanol–water partition coefficient (Wildman–Crippen LogP) is 2.85. The largest absolute Gasteiger partial charge is 0.465 e. The van der Waals surface area contributed by atoms with Gasteiger partial charge in [0.05, 0.1) is 17.6 Å². The molecule has 1 aliphatic rings. The molecule has 8 heteroatoms. The number of aryl methyl sites for hydroxylation is 2. The third kappa shape index (κ3) is 4.36. The minimum atomic E-state index is -3.66. The highest BCUT2D eigenvalue weighted by Crippen LogP contribution is 2.29. The van der Waals surface area contributed by atoms with Gasteiger partial charge >= 0.3 is 5.97 Å². The molecule has 2 aromatic carbocycles. The molecular formula is C23H28N2O5S. The van der Waals surface area contributed by atoms with Crippen LogP contribution in [0.3, 0.4) is 0 Å². The molecule has 1 amide bonds. The van der Waals surface area contributed by atoms with Gasteiger partial charge in [0.1, 0.15) is 0 Å². The quantitative estimate of drug-likeness (QED) is 0.677. The summed E-state index contributed by atoms with van der Waals surface area (Å²) >= 11 is 0. The Bertz CT molecular complexity index is 1090. The number of hydrogen-bond donors (Lipinski definition) is 0. The number of carbonyl (C=O) groups is 2. The summed E-state index contributed by atoms with van der Waals surface area (Å²) in [4.78, 5) is 26.4. The van der Waals surface area contributed by atoms with Crippen molar-refractivity contribution in [2.45, 2.75) is 32.6 Å². The zero-order valence-electron chi connectivity index (χ0n) is 18.6. The van der Waals surface area contributed by atoms with Gasteiger partial charge in [0.15, 0.2) is 0 Å².